The van der Waals surface area contributed by atoms with E-state index in [-0.39, 0.29) is 18.2 Å². The molecule has 4 rings (SSSR count). The number of hydrogen-bond acceptors (Lipinski definition) is 8. The number of amides is 3. The van der Waals surface area contributed by atoms with E-state index in [1.807, 2.05) is 6.07 Å². The van der Waals surface area contributed by atoms with E-state index in [1.54, 1.807) is 32.4 Å². The van der Waals surface area contributed by atoms with Gasteiger partial charge in [-0.15, -0.1) is 11.3 Å². The Balaban J connectivity index is 1.35. The van der Waals surface area contributed by atoms with Crippen molar-refractivity contribution in [2.75, 3.05) is 26.1 Å². The summed E-state index contributed by atoms with van der Waals surface area (Å²) in [7, 11) is 3.12. The molecule has 0 radical (unpaired) electrons. The lowest BCUT2D eigenvalue weighted by atomic mass is 9.95. The number of fused-ring (bicyclic) bond motifs is 1. The molecule has 3 N–H and O–H groups in total. The summed E-state index contributed by atoms with van der Waals surface area (Å²) in [5, 5.41) is 3.39. The number of methoxy groups -OCH3 is 2. The molecule has 8 nitrogen and oxygen atoms in total. The number of benzene rings is 1. The smallest absolute Gasteiger partial charge is 0.266 e. The van der Waals surface area contributed by atoms with Crippen molar-refractivity contribution in [1.82, 2.24) is 4.90 Å². The van der Waals surface area contributed by atoms with E-state index in [0.717, 1.165) is 41.7 Å². The van der Waals surface area contributed by atoms with E-state index in [1.165, 1.54) is 28.0 Å². The first-order valence-corrected chi connectivity index (χ1v) is 13.6. The molecule has 190 valence electrons. The van der Waals surface area contributed by atoms with Crippen LogP contribution in [0.25, 0.3) is 6.08 Å². The lowest BCUT2D eigenvalue weighted by Crippen LogP contribution is -2.29. The van der Waals surface area contributed by atoms with Crippen LogP contribution in [0.4, 0.5) is 5.00 Å². The molecule has 1 aromatic heterocycles. The Hall–Kier alpha value is -2.89. The number of carbonyl (C=O) groups is 3. The largest absolute Gasteiger partial charge is 0.493 e. The standard InChI is InChI=1S/C25H27N3O5S3/c1-32-16-10-9-14(12-17(16)33-2)13-19-24(31)28(25(34)36-19)11-5-8-20(29)27-23-21(22(26)30)15-6-3-4-7-18(15)35-23/h9-10,12-13H,3-8,11H2,1-2H3,(H2,26,30)(H,27,29)/b19-13-. The number of thiocarbonyl (C=S) groups is 1. The summed E-state index contributed by atoms with van der Waals surface area (Å²) in [6.45, 7) is 0.324. The Bertz CT molecular complexity index is 1250. The maximum atomic E-state index is 12.9. The summed E-state index contributed by atoms with van der Waals surface area (Å²) in [5.41, 5.74) is 7.82. The molecule has 0 saturated carbocycles. The number of thioether (sulfide) groups is 1. The highest BCUT2D eigenvalue weighted by Crippen LogP contribution is 2.38. The van der Waals surface area contributed by atoms with E-state index >= 15 is 0 Å². The van der Waals surface area contributed by atoms with E-state index in [9.17, 15) is 14.4 Å². The van der Waals surface area contributed by atoms with Crippen molar-refractivity contribution < 1.29 is 23.9 Å². The second kappa shape index (κ2) is 11.4. The Morgan fingerprint density at radius 1 is 1.19 bits per heavy atom. The van der Waals surface area contributed by atoms with Gasteiger partial charge in [-0.1, -0.05) is 30.0 Å². The zero-order valence-corrected chi connectivity index (χ0v) is 22.5. The predicted octanol–water partition coefficient (Wildman–Crippen LogP) is 4.36. The van der Waals surface area contributed by atoms with Crippen LogP contribution in [0.15, 0.2) is 23.1 Å². The molecule has 36 heavy (non-hydrogen) atoms. The minimum atomic E-state index is -0.511. The van der Waals surface area contributed by atoms with Crippen LogP contribution in [-0.4, -0.2) is 47.7 Å². The quantitative estimate of drug-likeness (QED) is 0.356. The molecule has 1 aliphatic heterocycles. The highest BCUT2D eigenvalue weighted by molar-refractivity contribution is 8.26. The van der Waals surface area contributed by atoms with Gasteiger partial charge in [0.15, 0.2) is 11.5 Å². The number of primary amides is 1. The number of rotatable bonds is 9. The molecule has 3 amide bonds. The maximum Gasteiger partial charge on any atom is 0.266 e. The third-order valence-electron chi connectivity index (χ3n) is 6.04. The molecule has 2 heterocycles. The van der Waals surface area contributed by atoms with Gasteiger partial charge in [-0.3, -0.25) is 19.3 Å². The lowest BCUT2D eigenvalue weighted by molar-refractivity contribution is -0.122. The SMILES string of the molecule is COc1ccc(/C=C2\SC(=S)N(CCCC(=O)Nc3sc4c(c3C(N)=O)CCCC4)C2=O)cc1OC. The molecule has 1 saturated heterocycles. The van der Waals surface area contributed by atoms with Gasteiger partial charge < -0.3 is 20.5 Å². The fourth-order valence-electron chi connectivity index (χ4n) is 4.29. The van der Waals surface area contributed by atoms with Crippen molar-refractivity contribution in [3.05, 3.63) is 44.7 Å². The first-order chi connectivity index (χ1) is 17.3. The van der Waals surface area contributed by atoms with Gasteiger partial charge in [-0.2, -0.15) is 0 Å². The lowest BCUT2D eigenvalue weighted by Gasteiger charge is -2.14. The third-order valence-corrected chi connectivity index (χ3v) is 8.62. The monoisotopic (exact) mass is 545 g/mol. The summed E-state index contributed by atoms with van der Waals surface area (Å²) >= 11 is 8.08. The van der Waals surface area contributed by atoms with Crippen molar-refractivity contribution in [1.29, 1.82) is 0 Å². The number of nitrogens with two attached hydrogens (primary N) is 1. The van der Waals surface area contributed by atoms with Crippen molar-refractivity contribution >= 4 is 68.4 Å². The second-order valence-corrected chi connectivity index (χ2v) is 11.2. The summed E-state index contributed by atoms with van der Waals surface area (Å²) in [4.78, 5) is 40.7. The molecule has 1 aliphatic carbocycles. The fraction of sp³-hybridized carbons (Fsp3) is 0.360. The van der Waals surface area contributed by atoms with E-state index in [2.05, 4.69) is 5.32 Å². The molecule has 0 atom stereocenters. The van der Waals surface area contributed by atoms with Crippen LogP contribution in [-0.2, 0) is 22.4 Å². The van der Waals surface area contributed by atoms with E-state index in [0.29, 0.717) is 44.3 Å². The average Bonchev–Trinajstić information content (AvgIpc) is 3.35. The Morgan fingerprint density at radius 3 is 2.67 bits per heavy atom. The minimum Gasteiger partial charge on any atom is -0.493 e. The third kappa shape index (κ3) is 5.58. The van der Waals surface area contributed by atoms with Crippen LogP contribution in [0.5, 0.6) is 11.5 Å². The normalized spacial score (nSPS) is 16.3. The summed E-state index contributed by atoms with van der Waals surface area (Å²) in [6, 6.07) is 5.40. The van der Waals surface area contributed by atoms with Gasteiger partial charge in [0.25, 0.3) is 11.8 Å². The zero-order valence-electron chi connectivity index (χ0n) is 20.0. The number of thiophene rings is 1. The van der Waals surface area contributed by atoms with Crippen molar-refractivity contribution in [2.24, 2.45) is 5.73 Å². The molecular formula is C25H27N3O5S3. The highest BCUT2D eigenvalue weighted by Gasteiger charge is 2.32. The van der Waals surface area contributed by atoms with Crippen LogP contribution in [0, 0.1) is 0 Å². The van der Waals surface area contributed by atoms with Crippen LogP contribution in [0.1, 0.15) is 52.0 Å². The maximum absolute atomic E-state index is 12.9. The topological polar surface area (TPSA) is 111 Å². The Kier molecular flexibility index (Phi) is 8.32. The second-order valence-electron chi connectivity index (χ2n) is 8.38. The first kappa shape index (κ1) is 26.2. The Morgan fingerprint density at radius 2 is 1.94 bits per heavy atom. The number of nitrogens with one attached hydrogen (secondary N) is 1. The fourth-order valence-corrected chi connectivity index (χ4v) is 6.91. The average molecular weight is 546 g/mol. The number of hydrogen-bond donors (Lipinski definition) is 2. The van der Waals surface area contributed by atoms with Crippen molar-refractivity contribution in [3.8, 4) is 11.5 Å². The number of aryl methyl sites for hydroxylation is 1. The van der Waals surface area contributed by atoms with Gasteiger partial charge in [-0.25, -0.2) is 0 Å². The van der Waals surface area contributed by atoms with Crippen LogP contribution >= 0.6 is 35.3 Å². The van der Waals surface area contributed by atoms with Crippen LogP contribution in [0.3, 0.4) is 0 Å². The van der Waals surface area contributed by atoms with E-state index < -0.39 is 5.91 Å². The van der Waals surface area contributed by atoms with Gasteiger partial charge in [0.2, 0.25) is 5.91 Å². The molecule has 11 heteroatoms. The molecule has 0 bridgehead atoms. The summed E-state index contributed by atoms with van der Waals surface area (Å²) < 4.78 is 11.0. The van der Waals surface area contributed by atoms with Gasteiger partial charge >= 0.3 is 0 Å². The number of anilines is 1. The molecule has 0 unspecified atom stereocenters. The molecule has 2 aliphatic rings. The van der Waals surface area contributed by atoms with Crippen molar-refractivity contribution in [2.45, 2.75) is 38.5 Å². The first-order valence-electron chi connectivity index (χ1n) is 11.5. The van der Waals surface area contributed by atoms with Gasteiger partial charge in [-0.05, 0) is 61.4 Å². The summed E-state index contributed by atoms with van der Waals surface area (Å²) in [5.74, 6) is 0.248. The van der Waals surface area contributed by atoms with Gasteiger partial charge in [0.05, 0.1) is 24.7 Å². The number of nitrogens with zero attached hydrogens (tertiary/aromatic N) is 1. The minimum absolute atomic E-state index is 0.187. The van der Waals surface area contributed by atoms with Gasteiger partial charge in [0, 0.05) is 17.8 Å². The molecule has 1 aromatic carbocycles. The van der Waals surface area contributed by atoms with Crippen LogP contribution in [0.2, 0.25) is 0 Å². The molecular weight excluding hydrogens is 518 g/mol. The van der Waals surface area contributed by atoms with Crippen LogP contribution < -0.4 is 20.5 Å². The molecule has 0 spiro atoms. The predicted molar refractivity (Wildman–Crippen MR) is 147 cm³/mol. The molecule has 1 fully saturated rings. The molecule has 2 aromatic rings. The summed E-state index contributed by atoms with van der Waals surface area (Å²) in [6.07, 6.45) is 6.18. The van der Waals surface area contributed by atoms with Gasteiger partial charge in [0.1, 0.15) is 9.32 Å². The number of carbonyl (C=O) groups excluding carboxylic acids is 3. The zero-order chi connectivity index (χ0) is 25.8. The van der Waals surface area contributed by atoms with Crippen molar-refractivity contribution in [3.63, 3.8) is 0 Å². The highest BCUT2D eigenvalue weighted by atomic mass is 32.2. The van der Waals surface area contributed by atoms with E-state index in [4.69, 9.17) is 27.4 Å². The Labute approximate surface area is 223 Å². The number of ether oxygens (including phenoxy) is 2.